The summed E-state index contributed by atoms with van der Waals surface area (Å²) in [6, 6.07) is -0.588. The molecule has 11 nitrogen and oxygen atoms in total. The summed E-state index contributed by atoms with van der Waals surface area (Å²) in [6.07, 6.45) is 2.28. The van der Waals surface area contributed by atoms with E-state index in [1.54, 1.807) is 0 Å². The number of rotatable bonds is 11. The molecule has 0 atom stereocenters. The number of unbranched alkanes of at least 4 members (excludes halogenated alkanes) is 1. The largest absolute Gasteiger partial charge is 0.394 e. The Morgan fingerprint density at radius 1 is 0.800 bits per heavy atom. The van der Waals surface area contributed by atoms with Crippen LogP contribution in [0.1, 0.15) is 19.8 Å². The first kappa shape index (κ1) is 31.4. The number of aliphatic hydroxyl groups excluding tert-OH is 5. The average molecular weight is 374 g/mol. The third-order valence-corrected chi connectivity index (χ3v) is 1.83. The molecule has 0 aromatic carbocycles. The first-order valence-corrected chi connectivity index (χ1v) is 7.64. The molecule has 0 aliphatic rings. The van der Waals surface area contributed by atoms with Gasteiger partial charge in [0.2, 0.25) is 0 Å². The predicted molar refractivity (Wildman–Crippen MR) is 90.8 cm³/mol. The summed E-state index contributed by atoms with van der Waals surface area (Å²) in [5.74, 6) is 0. The topological polar surface area (TPSA) is 178 Å². The third kappa shape index (κ3) is 51.8. The highest BCUT2D eigenvalue weighted by Crippen LogP contribution is 1.87. The summed E-state index contributed by atoms with van der Waals surface area (Å²) in [5.41, 5.74) is 0. The van der Waals surface area contributed by atoms with Crippen LogP contribution in [0, 0.1) is 0 Å². The van der Waals surface area contributed by atoms with Gasteiger partial charge in [0.05, 0.1) is 39.6 Å². The zero-order valence-corrected chi connectivity index (χ0v) is 14.9. The van der Waals surface area contributed by atoms with Crippen LogP contribution in [0.5, 0.6) is 0 Å². The number of ether oxygens (including phenoxy) is 2. The number of aliphatic hydroxyl groups is 5. The number of carbonyl (C=O) groups is 2. The molecular formula is C14H34N2O9. The molecule has 0 bridgehead atoms. The van der Waals surface area contributed by atoms with Crippen LogP contribution in [0.3, 0.4) is 0 Å². The summed E-state index contributed by atoms with van der Waals surface area (Å²) >= 11 is 0. The van der Waals surface area contributed by atoms with Crippen LogP contribution in [-0.2, 0) is 14.3 Å². The second kappa shape index (κ2) is 38.3. The van der Waals surface area contributed by atoms with E-state index in [-0.39, 0.29) is 19.8 Å². The number of hydrogen-bond acceptors (Lipinski definition) is 9. The van der Waals surface area contributed by atoms with Crippen LogP contribution in [-0.4, -0.2) is 98.1 Å². The Balaban J connectivity index is -0.000000138. The third-order valence-electron chi connectivity index (χ3n) is 1.83. The monoisotopic (exact) mass is 374 g/mol. The molecule has 0 fully saturated rings. The number of nitrogens with one attached hydrogen (secondary N) is 2. The van der Waals surface area contributed by atoms with E-state index < -0.39 is 19.5 Å². The van der Waals surface area contributed by atoms with E-state index in [9.17, 15) is 4.79 Å². The molecule has 0 heterocycles. The molecule has 0 spiro atoms. The van der Waals surface area contributed by atoms with Crippen molar-refractivity contribution in [2.24, 2.45) is 0 Å². The maximum Gasteiger partial charge on any atom is 0.318 e. The lowest BCUT2D eigenvalue weighted by Crippen LogP contribution is -2.36. The van der Waals surface area contributed by atoms with Gasteiger partial charge >= 0.3 is 6.03 Å². The van der Waals surface area contributed by atoms with Crippen molar-refractivity contribution in [3.63, 3.8) is 0 Å². The van der Waals surface area contributed by atoms with Crippen molar-refractivity contribution in [2.75, 3.05) is 59.7 Å². The van der Waals surface area contributed by atoms with Gasteiger partial charge in [-0.25, -0.2) is 4.79 Å². The van der Waals surface area contributed by atoms with Gasteiger partial charge in [-0.3, -0.25) is 0 Å². The second-order valence-corrected chi connectivity index (χ2v) is 3.75. The van der Waals surface area contributed by atoms with E-state index in [0.717, 1.165) is 19.4 Å². The molecule has 0 aliphatic heterocycles. The molecule has 0 saturated heterocycles. The first-order valence-electron chi connectivity index (χ1n) is 7.64. The molecule has 0 radical (unpaired) electrons. The molecule has 154 valence electrons. The molecule has 0 unspecified atom stereocenters. The van der Waals surface area contributed by atoms with E-state index in [2.05, 4.69) is 6.92 Å². The van der Waals surface area contributed by atoms with E-state index in [4.69, 9.17) is 39.8 Å². The number of urea groups is 1. The highest BCUT2D eigenvalue weighted by Gasteiger charge is 1.91. The smallest absolute Gasteiger partial charge is 0.318 e. The molecule has 11 heteroatoms. The fraction of sp³-hybridized carbons (Fsp3) is 0.857. The fourth-order valence-corrected chi connectivity index (χ4v) is 0.839. The van der Waals surface area contributed by atoms with Gasteiger partial charge in [0.25, 0.3) is 0 Å². The molecule has 0 rings (SSSR count). The molecule has 2 amide bonds. The maximum atomic E-state index is 10.1. The molecule has 0 aromatic rings. The average Bonchev–Trinajstić information content (AvgIpc) is 2.64. The zero-order valence-electron chi connectivity index (χ0n) is 14.9. The highest BCUT2D eigenvalue weighted by molar-refractivity contribution is 5.73. The van der Waals surface area contributed by atoms with Crippen molar-refractivity contribution >= 4 is 12.8 Å². The Morgan fingerprint density at radius 3 is 1.56 bits per heavy atom. The van der Waals surface area contributed by atoms with Gasteiger partial charge in [-0.1, -0.05) is 13.3 Å². The number of hydrogen-bond donors (Lipinski definition) is 7. The Labute approximate surface area is 148 Å². The van der Waals surface area contributed by atoms with Gasteiger partial charge < -0.3 is 50.4 Å². The van der Waals surface area contributed by atoms with Gasteiger partial charge in [0, 0.05) is 6.61 Å². The molecule has 0 saturated carbocycles. The van der Waals surface area contributed by atoms with E-state index >= 15 is 0 Å². The van der Waals surface area contributed by atoms with Crippen molar-refractivity contribution < 1.29 is 44.6 Å². The molecular weight excluding hydrogens is 340 g/mol. The maximum absolute atomic E-state index is 10.1. The van der Waals surface area contributed by atoms with Gasteiger partial charge in [-0.05, 0) is 6.42 Å². The first-order chi connectivity index (χ1) is 12.1. The number of carbonyl (C=O) groups excluding carboxylic acids is 2. The minimum atomic E-state index is -0.588. The molecule has 0 aromatic heterocycles. The molecule has 0 aliphatic carbocycles. The minimum Gasteiger partial charge on any atom is -0.394 e. The van der Waals surface area contributed by atoms with Gasteiger partial charge in [-0.15, -0.1) is 0 Å². The van der Waals surface area contributed by atoms with Crippen LogP contribution in [0.4, 0.5) is 4.79 Å². The normalized spacial score (nSPS) is 8.56. The minimum absolute atomic E-state index is 0.0922. The highest BCUT2D eigenvalue weighted by atomic mass is 16.5. The Bertz CT molecular complexity index is 206. The lowest BCUT2D eigenvalue weighted by Gasteiger charge is -2.02. The zero-order chi connectivity index (χ0) is 20.2. The Hall–Kier alpha value is -1.34. The van der Waals surface area contributed by atoms with E-state index in [1.807, 2.05) is 17.4 Å². The van der Waals surface area contributed by atoms with Gasteiger partial charge in [0.15, 0.2) is 0 Å². The van der Waals surface area contributed by atoms with Crippen molar-refractivity contribution in [3.8, 4) is 0 Å². The van der Waals surface area contributed by atoms with Crippen molar-refractivity contribution in [3.05, 3.63) is 0 Å². The van der Waals surface area contributed by atoms with Crippen molar-refractivity contribution in [2.45, 2.75) is 19.8 Å². The molecule has 7 N–H and O–H groups in total. The van der Waals surface area contributed by atoms with E-state index in [0.29, 0.717) is 19.8 Å². The predicted octanol–water partition coefficient (Wildman–Crippen LogP) is -2.22. The van der Waals surface area contributed by atoms with Crippen molar-refractivity contribution in [1.29, 1.82) is 0 Å². The lowest BCUT2D eigenvalue weighted by molar-refractivity contribution is -0.0980. The van der Waals surface area contributed by atoms with Gasteiger partial charge in [-0.2, -0.15) is 0 Å². The van der Waals surface area contributed by atoms with Crippen LogP contribution in [0.15, 0.2) is 0 Å². The van der Waals surface area contributed by atoms with Crippen LogP contribution >= 0.6 is 0 Å². The van der Waals surface area contributed by atoms with Crippen LogP contribution in [0.25, 0.3) is 0 Å². The molecule has 25 heavy (non-hydrogen) atoms. The quantitative estimate of drug-likeness (QED) is 0.156. The van der Waals surface area contributed by atoms with E-state index in [1.165, 1.54) is 0 Å². The van der Waals surface area contributed by atoms with Gasteiger partial charge in [0.1, 0.15) is 20.3 Å². The lowest BCUT2D eigenvalue weighted by atomic mass is 10.4. The SMILES string of the molecule is C=O.CCCCOCCOCCO.O=C(NCO)NCO.OCCO. The Morgan fingerprint density at radius 2 is 1.24 bits per heavy atom. The standard InChI is InChI=1S/C8H18O3.C3H8N2O3.C2H6O2.CH2O/c1-2-3-5-10-7-8-11-6-4-9;6-1-4-3(8)5-2-7;3-1-2-4;1-2/h9H,2-8H2,1H3;6-7H,1-2H2,(H2,4,5,8);3-4H,1-2H2;1H2. The summed E-state index contributed by atoms with van der Waals surface area (Å²) in [7, 11) is 0. The summed E-state index contributed by atoms with van der Waals surface area (Å²) in [4.78, 5) is 18.1. The summed E-state index contributed by atoms with van der Waals surface area (Å²) in [5, 5.41) is 43.6. The summed E-state index contributed by atoms with van der Waals surface area (Å²) in [6.45, 7) is 5.58. The summed E-state index contributed by atoms with van der Waals surface area (Å²) < 4.78 is 10.2. The second-order valence-electron chi connectivity index (χ2n) is 3.75. The van der Waals surface area contributed by atoms with Crippen LogP contribution < -0.4 is 10.6 Å². The Kier molecular flexibility index (Phi) is 48.2. The van der Waals surface area contributed by atoms with Crippen LogP contribution in [0.2, 0.25) is 0 Å². The number of amides is 2. The fourth-order valence-electron chi connectivity index (χ4n) is 0.839. The van der Waals surface area contributed by atoms with Crippen molar-refractivity contribution in [1.82, 2.24) is 10.6 Å².